The first-order chi connectivity index (χ1) is 11.8. The number of pyridine rings is 1. The average molecular weight is 333 g/mol. The third-order valence-electron chi connectivity index (χ3n) is 5.13. The maximum absolute atomic E-state index is 5.82. The summed E-state index contributed by atoms with van der Waals surface area (Å²) in [5, 5.41) is 0. The molecule has 2 atom stereocenters. The Morgan fingerprint density at radius 2 is 2.12 bits per heavy atom. The van der Waals surface area contributed by atoms with Crippen molar-refractivity contribution in [2.45, 2.75) is 44.9 Å². The zero-order chi connectivity index (χ0) is 16.6. The van der Waals surface area contributed by atoms with Crippen LogP contribution in [0.4, 0.5) is 0 Å². The van der Waals surface area contributed by atoms with Gasteiger partial charge in [-0.1, -0.05) is 6.07 Å². The molecule has 0 N–H and O–H groups in total. The van der Waals surface area contributed by atoms with Gasteiger partial charge in [0.25, 0.3) is 0 Å². The molecule has 2 fully saturated rings. The van der Waals surface area contributed by atoms with Gasteiger partial charge in [-0.15, -0.1) is 0 Å². The number of rotatable bonds is 7. The van der Waals surface area contributed by atoms with E-state index in [1.807, 2.05) is 12.3 Å². The first kappa shape index (κ1) is 17.8. The van der Waals surface area contributed by atoms with Crippen LogP contribution < -0.4 is 0 Å². The molecule has 5 heteroatoms. The van der Waals surface area contributed by atoms with Gasteiger partial charge in [0.15, 0.2) is 6.29 Å². The van der Waals surface area contributed by atoms with Gasteiger partial charge in [0.2, 0.25) is 0 Å². The van der Waals surface area contributed by atoms with Gasteiger partial charge in [-0.2, -0.15) is 0 Å². The smallest absolute Gasteiger partial charge is 0.157 e. The largest absolute Gasteiger partial charge is 0.353 e. The lowest BCUT2D eigenvalue weighted by molar-refractivity contribution is -0.163. The number of hydrogen-bond donors (Lipinski definition) is 0. The highest BCUT2D eigenvalue weighted by molar-refractivity contribution is 5.08. The third kappa shape index (κ3) is 5.24. The quantitative estimate of drug-likeness (QED) is 0.717. The summed E-state index contributed by atoms with van der Waals surface area (Å²) in [4.78, 5) is 9.58. The van der Waals surface area contributed by atoms with E-state index in [1.54, 1.807) is 0 Å². The van der Waals surface area contributed by atoms with Crippen LogP contribution in [0.25, 0.3) is 0 Å². The summed E-state index contributed by atoms with van der Waals surface area (Å²) >= 11 is 0. The topological polar surface area (TPSA) is 37.8 Å². The summed E-state index contributed by atoms with van der Waals surface area (Å²) in [7, 11) is 0. The van der Waals surface area contributed by atoms with Crippen LogP contribution in [0.5, 0.6) is 0 Å². The fourth-order valence-electron chi connectivity index (χ4n) is 3.53. The van der Waals surface area contributed by atoms with E-state index in [-0.39, 0.29) is 6.29 Å². The second-order valence-corrected chi connectivity index (χ2v) is 6.83. The van der Waals surface area contributed by atoms with Crippen molar-refractivity contribution in [3.63, 3.8) is 0 Å². The number of ether oxygens (including phenoxy) is 2. The molecular formula is C19H31N3O2. The van der Waals surface area contributed by atoms with Gasteiger partial charge in [-0.3, -0.25) is 9.88 Å². The highest BCUT2D eigenvalue weighted by Crippen LogP contribution is 2.19. The van der Waals surface area contributed by atoms with E-state index in [2.05, 4.69) is 33.8 Å². The van der Waals surface area contributed by atoms with E-state index in [9.17, 15) is 0 Å². The van der Waals surface area contributed by atoms with Crippen molar-refractivity contribution in [3.8, 4) is 0 Å². The molecule has 0 spiro atoms. The molecule has 0 aromatic carbocycles. The minimum Gasteiger partial charge on any atom is -0.353 e. The van der Waals surface area contributed by atoms with Crippen molar-refractivity contribution >= 4 is 0 Å². The molecule has 1 aromatic rings. The summed E-state index contributed by atoms with van der Waals surface area (Å²) in [6, 6.07) is 6.58. The lowest BCUT2D eigenvalue weighted by Crippen LogP contribution is -2.47. The molecule has 2 saturated heterocycles. The van der Waals surface area contributed by atoms with Crippen LogP contribution in [-0.4, -0.2) is 67.0 Å². The monoisotopic (exact) mass is 333 g/mol. The SMILES string of the molecule is C[C@H](c1ccccn1)N1CCN(CCCO[C@@H]2CCCCO2)CC1. The Hall–Kier alpha value is -1.01. The molecule has 2 aliphatic heterocycles. The number of piperazine rings is 1. The second kappa shape index (κ2) is 9.47. The van der Waals surface area contributed by atoms with Gasteiger partial charge in [-0.05, 0) is 44.7 Å². The van der Waals surface area contributed by atoms with E-state index in [4.69, 9.17) is 9.47 Å². The molecule has 0 aliphatic carbocycles. The normalized spacial score (nSPS) is 24.8. The maximum atomic E-state index is 5.82. The van der Waals surface area contributed by atoms with Crippen LogP contribution in [-0.2, 0) is 9.47 Å². The first-order valence-electron chi connectivity index (χ1n) is 9.43. The summed E-state index contributed by atoms with van der Waals surface area (Å²) in [5.41, 5.74) is 1.17. The van der Waals surface area contributed by atoms with Gasteiger partial charge in [0.1, 0.15) is 0 Å². The Morgan fingerprint density at radius 3 is 2.83 bits per heavy atom. The van der Waals surface area contributed by atoms with Gasteiger partial charge < -0.3 is 14.4 Å². The van der Waals surface area contributed by atoms with Crippen LogP contribution in [0.2, 0.25) is 0 Å². The van der Waals surface area contributed by atoms with Crippen molar-refractivity contribution in [2.24, 2.45) is 0 Å². The molecule has 1 aromatic heterocycles. The molecule has 3 heterocycles. The zero-order valence-electron chi connectivity index (χ0n) is 14.9. The van der Waals surface area contributed by atoms with Crippen LogP contribution in [0.15, 0.2) is 24.4 Å². The molecule has 3 rings (SSSR count). The zero-order valence-corrected chi connectivity index (χ0v) is 14.9. The van der Waals surface area contributed by atoms with Crippen molar-refractivity contribution in [2.75, 3.05) is 45.9 Å². The highest BCUT2D eigenvalue weighted by Gasteiger charge is 2.22. The van der Waals surface area contributed by atoms with Crippen molar-refractivity contribution in [1.29, 1.82) is 0 Å². The molecule has 0 bridgehead atoms. The molecule has 0 amide bonds. The molecule has 5 nitrogen and oxygen atoms in total. The van der Waals surface area contributed by atoms with Gasteiger partial charge in [0, 0.05) is 51.6 Å². The predicted molar refractivity (Wildman–Crippen MR) is 94.8 cm³/mol. The minimum absolute atomic E-state index is 0.0508. The standard InChI is InChI=1S/C19H31N3O2/c1-17(18-7-2-4-9-20-18)22-13-11-21(12-14-22)10-6-16-24-19-8-3-5-15-23-19/h2,4,7,9,17,19H,3,5-6,8,10-16H2,1H3/t17-,19-/m1/s1. The van der Waals surface area contributed by atoms with Gasteiger partial charge >= 0.3 is 0 Å². The van der Waals surface area contributed by atoms with Gasteiger partial charge in [0.05, 0.1) is 12.3 Å². The molecule has 2 aliphatic rings. The summed E-state index contributed by atoms with van der Waals surface area (Å²) in [6.07, 6.45) is 6.51. The van der Waals surface area contributed by atoms with E-state index in [0.29, 0.717) is 6.04 Å². The Morgan fingerprint density at radius 1 is 1.25 bits per heavy atom. The lowest BCUT2D eigenvalue weighted by atomic mass is 10.1. The lowest BCUT2D eigenvalue weighted by Gasteiger charge is -2.37. The molecule has 0 radical (unpaired) electrons. The van der Waals surface area contributed by atoms with Crippen LogP contribution in [0.3, 0.4) is 0 Å². The second-order valence-electron chi connectivity index (χ2n) is 6.83. The summed E-state index contributed by atoms with van der Waals surface area (Å²) in [5.74, 6) is 0. The summed E-state index contributed by atoms with van der Waals surface area (Å²) < 4.78 is 11.4. The number of nitrogens with zero attached hydrogens (tertiary/aromatic N) is 3. The Balaban J connectivity index is 1.30. The van der Waals surface area contributed by atoms with E-state index >= 15 is 0 Å². The molecule has 0 unspecified atom stereocenters. The van der Waals surface area contributed by atoms with Crippen molar-refractivity contribution < 1.29 is 9.47 Å². The molecule has 134 valence electrons. The van der Waals surface area contributed by atoms with E-state index in [1.165, 1.54) is 18.5 Å². The maximum Gasteiger partial charge on any atom is 0.157 e. The Bertz CT molecular complexity index is 457. The van der Waals surface area contributed by atoms with Crippen molar-refractivity contribution in [1.82, 2.24) is 14.8 Å². The van der Waals surface area contributed by atoms with Crippen LogP contribution >= 0.6 is 0 Å². The fraction of sp³-hybridized carbons (Fsp3) is 0.737. The average Bonchev–Trinajstić information content (AvgIpc) is 2.67. The number of aromatic nitrogens is 1. The van der Waals surface area contributed by atoms with Gasteiger partial charge in [-0.25, -0.2) is 0 Å². The Kier molecular flexibility index (Phi) is 7.02. The number of hydrogen-bond acceptors (Lipinski definition) is 5. The molecule has 0 saturated carbocycles. The third-order valence-corrected chi connectivity index (χ3v) is 5.13. The van der Waals surface area contributed by atoms with Crippen molar-refractivity contribution in [3.05, 3.63) is 30.1 Å². The highest BCUT2D eigenvalue weighted by atomic mass is 16.7. The Labute approximate surface area is 145 Å². The van der Waals surface area contributed by atoms with E-state index in [0.717, 1.165) is 58.8 Å². The van der Waals surface area contributed by atoms with Crippen LogP contribution in [0, 0.1) is 0 Å². The molecular weight excluding hydrogens is 302 g/mol. The first-order valence-corrected chi connectivity index (χ1v) is 9.43. The predicted octanol–water partition coefficient (Wildman–Crippen LogP) is 2.69. The fourth-order valence-corrected chi connectivity index (χ4v) is 3.53. The summed E-state index contributed by atoms with van der Waals surface area (Å²) in [6.45, 7) is 9.56. The minimum atomic E-state index is 0.0508. The van der Waals surface area contributed by atoms with E-state index < -0.39 is 0 Å². The van der Waals surface area contributed by atoms with Crippen LogP contribution in [0.1, 0.15) is 44.3 Å². The molecule has 24 heavy (non-hydrogen) atoms.